The predicted molar refractivity (Wildman–Crippen MR) is 69.9 cm³/mol. The molecule has 1 N–H and O–H groups in total. The molecule has 100 valence electrons. The van der Waals surface area contributed by atoms with Crippen LogP contribution in [0.5, 0.6) is 0 Å². The average molecular weight is 240 g/mol. The fraction of sp³-hybridized carbons (Fsp3) is 1.00. The molecule has 1 heterocycles. The van der Waals surface area contributed by atoms with Gasteiger partial charge in [-0.15, -0.1) is 0 Å². The summed E-state index contributed by atoms with van der Waals surface area (Å²) in [6.07, 6.45) is 7.87. The van der Waals surface area contributed by atoms with Gasteiger partial charge in [0.25, 0.3) is 0 Å². The molecule has 0 aromatic heterocycles. The van der Waals surface area contributed by atoms with Crippen LogP contribution in [0.25, 0.3) is 0 Å². The van der Waals surface area contributed by atoms with Gasteiger partial charge in [0.15, 0.2) is 0 Å². The van der Waals surface area contributed by atoms with Crippen LogP contribution < -0.4 is 0 Å². The van der Waals surface area contributed by atoms with Crippen molar-refractivity contribution in [1.29, 1.82) is 0 Å². The van der Waals surface area contributed by atoms with Crippen LogP contribution in [-0.4, -0.2) is 23.9 Å². The van der Waals surface area contributed by atoms with Crippen molar-refractivity contribution in [2.45, 2.75) is 64.4 Å². The molecule has 2 fully saturated rings. The quantitative estimate of drug-likeness (QED) is 0.750. The Kier molecular flexibility index (Phi) is 4.48. The third kappa shape index (κ3) is 3.23. The summed E-state index contributed by atoms with van der Waals surface area (Å²) < 4.78 is 5.42. The lowest BCUT2D eigenvalue weighted by molar-refractivity contribution is -0.0751. The number of hydrogen-bond acceptors (Lipinski definition) is 2. The molecule has 1 saturated carbocycles. The van der Waals surface area contributed by atoms with Crippen LogP contribution in [0.15, 0.2) is 0 Å². The summed E-state index contributed by atoms with van der Waals surface area (Å²) in [7, 11) is 0. The fourth-order valence-electron chi connectivity index (χ4n) is 3.68. The molecule has 2 heteroatoms. The second-order valence-corrected chi connectivity index (χ2v) is 6.43. The highest BCUT2D eigenvalue weighted by Gasteiger charge is 2.39. The monoisotopic (exact) mass is 240 g/mol. The van der Waals surface area contributed by atoms with Crippen LogP contribution in [0.2, 0.25) is 0 Å². The van der Waals surface area contributed by atoms with Crippen molar-refractivity contribution < 1.29 is 9.84 Å². The lowest BCUT2D eigenvalue weighted by atomic mass is 9.76. The molecule has 0 bridgehead atoms. The molecule has 0 aromatic carbocycles. The van der Waals surface area contributed by atoms with Gasteiger partial charge in [-0.1, -0.05) is 26.7 Å². The van der Waals surface area contributed by atoms with Crippen LogP contribution in [0.4, 0.5) is 0 Å². The molecular weight excluding hydrogens is 212 g/mol. The molecular formula is C15H28O2. The first kappa shape index (κ1) is 13.4. The van der Waals surface area contributed by atoms with E-state index in [4.69, 9.17) is 4.74 Å². The minimum atomic E-state index is -0.382. The van der Waals surface area contributed by atoms with E-state index in [0.717, 1.165) is 50.7 Å². The molecule has 0 aromatic rings. The Morgan fingerprint density at radius 3 is 2.41 bits per heavy atom. The van der Waals surface area contributed by atoms with Gasteiger partial charge in [0.1, 0.15) is 0 Å². The number of rotatable bonds is 2. The van der Waals surface area contributed by atoms with Crippen molar-refractivity contribution in [3.63, 3.8) is 0 Å². The van der Waals surface area contributed by atoms with Crippen molar-refractivity contribution in [3.05, 3.63) is 0 Å². The summed E-state index contributed by atoms with van der Waals surface area (Å²) in [5.41, 5.74) is -0.382. The summed E-state index contributed by atoms with van der Waals surface area (Å²) in [6.45, 7) is 6.34. The van der Waals surface area contributed by atoms with Gasteiger partial charge >= 0.3 is 0 Å². The fourth-order valence-corrected chi connectivity index (χ4v) is 3.68. The molecule has 0 radical (unpaired) electrons. The van der Waals surface area contributed by atoms with E-state index in [1.165, 1.54) is 19.3 Å². The van der Waals surface area contributed by atoms with E-state index >= 15 is 0 Å². The highest BCUT2D eigenvalue weighted by atomic mass is 16.5. The van der Waals surface area contributed by atoms with E-state index < -0.39 is 0 Å². The molecule has 1 aliphatic heterocycles. The first-order chi connectivity index (χ1) is 8.12. The maximum atomic E-state index is 10.9. The summed E-state index contributed by atoms with van der Waals surface area (Å²) in [6, 6.07) is 0. The molecule has 0 spiro atoms. The molecule has 0 amide bonds. The molecule has 2 unspecified atom stereocenters. The molecule has 2 rings (SSSR count). The van der Waals surface area contributed by atoms with Crippen molar-refractivity contribution in [2.24, 2.45) is 17.8 Å². The Bertz CT molecular complexity index is 233. The van der Waals surface area contributed by atoms with Gasteiger partial charge in [0.05, 0.1) is 5.60 Å². The molecule has 2 nitrogen and oxygen atoms in total. The first-order valence-corrected chi connectivity index (χ1v) is 7.42. The average Bonchev–Trinajstić information content (AvgIpc) is 2.54. The number of hydrogen-bond donors (Lipinski definition) is 1. The SMILES string of the molecule is CC(C)C1CCCC(O)(C2CCOCC2)CC1. The lowest BCUT2D eigenvalue weighted by Crippen LogP contribution is -2.40. The van der Waals surface area contributed by atoms with E-state index in [9.17, 15) is 5.11 Å². The second kappa shape index (κ2) is 5.71. The topological polar surface area (TPSA) is 29.5 Å². The molecule has 2 aliphatic rings. The minimum absolute atomic E-state index is 0.382. The van der Waals surface area contributed by atoms with Gasteiger partial charge in [-0.3, -0.25) is 0 Å². The van der Waals surface area contributed by atoms with E-state index in [0.29, 0.717) is 5.92 Å². The maximum absolute atomic E-state index is 10.9. The normalized spacial score (nSPS) is 37.1. The third-order valence-corrected chi connectivity index (χ3v) is 5.06. The summed E-state index contributed by atoms with van der Waals surface area (Å²) >= 11 is 0. The van der Waals surface area contributed by atoms with Gasteiger partial charge < -0.3 is 9.84 Å². The minimum Gasteiger partial charge on any atom is -0.390 e. The van der Waals surface area contributed by atoms with Crippen LogP contribution >= 0.6 is 0 Å². The van der Waals surface area contributed by atoms with Crippen LogP contribution in [0.3, 0.4) is 0 Å². The Balaban J connectivity index is 1.95. The van der Waals surface area contributed by atoms with Gasteiger partial charge in [0.2, 0.25) is 0 Å². The standard InChI is InChI=1S/C15H28O2/c1-12(2)13-4-3-8-15(16,9-5-13)14-6-10-17-11-7-14/h12-14,16H,3-11H2,1-2H3. The highest BCUT2D eigenvalue weighted by molar-refractivity contribution is 4.90. The zero-order chi connectivity index (χ0) is 12.3. The van der Waals surface area contributed by atoms with Gasteiger partial charge in [-0.05, 0) is 49.9 Å². The lowest BCUT2D eigenvalue weighted by Gasteiger charge is -2.38. The van der Waals surface area contributed by atoms with E-state index in [1.54, 1.807) is 0 Å². The maximum Gasteiger partial charge on any atom is 0.0677 e. The Morgan fingerprint density at radius 1 is 1.06 bits per heavy atom. The Labute approximate surface area is 106 Å². The van der Waals surface area contributed by atoms with E-state index in [-0.39, 0.29) is 5.60 Å². The van der Waals surface area contributed by atoms with E-state index in [2.05, 4.69) is 13.8 Å². The van der Waals surface area contributed by atoms with Crippen molar-refractivity contribution in [1.82, 2.24) is 0 Å². The van der Waals surface area contributed by atoms with Gasteiger partial charge in [-0.2, -0.15) is 0 Å². The smallest absolute Gasteiger partial charge is 0.0677 e. The van der Waals surface area contributed by atoms with Crippen molar-refractivity contribution >= 4 is 0 Å². The first-order valence-electron chi connectivity index (χ1n) is 7.42. The van der Waals surface area contributed by atoms with Crippen LogP contribution in [0, 0.1) is 17.8 Å². The largest absolute Gasteiger partial charge is 0.390 e. The zero-order valence-electron chi connectivity index (χ0n) is 11.5. The van der Waals surface area contributed by atoms with Gasteiger partial charge in [-0.25, -0.2) is 0 Å². The van der Waals surface area contributed by atoms with Crippen LogP contribution in [-0.2, 0) is 4.74 Å². The summed E-state index contributed by atoms with van der Waals surface area (Å²) in [4.78, 5) is 0. The second-order valence-electron chi connectivity index (χ2n) is 6.43. The van der Waals surface area contributed by atoms with Gasteiger partial charge in [0, 0.05) is 13.2 Å². The van der Waals surface area contributed by atoms with Crippen molar-refractivity contribution in [3.8, 4) is 0 Å². The molecule has 2 atom stereocenters. The molecule has 17 heavy (non-hydrogen) atoms. The number of aliphatic hydroxyl groups is 1. The summed E-state index contributed by atoms with van der Waals surface area (Å²) in [5.74, 6) is 2.08. The summed E-state index contributed by atoms with van der Waals surface area (Å²) in [5, 5.41) is 10.9. The highest BCUT2D eigenvalue weighted by Crippen LogP contribution is 2.41. The van der Waals surface area contributed by atoms with E-state index in [1.807, 2.05) is 0 Å². The molecule has 1 aliphatic carbocycles. The number of ether oxygens (including phenoxy) is 1. The van der Waals surface area contributed by atoms with Crippen molar-refractivity contribution in [2.75, 3.05) is 13.2 Å². The molecule has 1 saturated heterocycles. The Morgan fingerprint density at radius 2 is 1.76 bits per heavy atom. The zero-order valence-corrected chi connectivity index (χ0v) is 11.5. The Hall–Kier alpha value is -0.0800. The third-order valence-electron chi connectivity index (χ3n) is 5.06. The van der Waals surface area contributed by atoms with Crippen LogP contribution in [0.1, 0.15) is 58.8 Å². The predicted octanol–water partition coefficient (Wildman–Crippen LogP) is 3.38.